The summed E-state index contributed by atoms with van der Waals surface area (Å²) in [4.78, 5) is 25.6. The van der Waals surface area contributed by atoms with Gasteiger partial charge in [0.2, 0.25) is 0 Å². The molecule has 0 bridgehead atoms. The first-order valence-corrected chi connectivity index (χ1v) is 12.8. The van der Waals surface area contributed by atoms with Crippen molar-refractivity contribution in [2.24, 2.45) is 0 Å². The highest BCUT2D eigenvalue weighted by molar-refractivity contribution is 5.89. The molecular weight excluding hydrogens is 492 g/mol. The summed E-state index contributed by atoms with van der Waals surface area (Å²) >= 11 is 0. The van der Waals surface area contributed by atoms with E-state index in [9.17, 15) is 9.18 Å². The molecule has 38 heavy (non-hydrogen) atoms. The number of aryl methyl sites for hydroxylation is 1. The van der Waals surface area contributed by atoms with E-state index in [1.807, 2.05) is 16.9 Å². The maximum absolute atomic E-state index is 15.0. The molecule has 196 valence electrons. The maximum atomic E-state index is 15.0. The van der Waals surface area contributed by atoms with Crippen molar-refractivity contribution in [3.8, 4) is 11.3 Å². The second-order valence-corrected chi connectivity index (χ2v) is 9.99. The number of rotatable bonds is 6. The lowest BCUT2D eigenvalue weighted by Crippen LogP contribution is -2.19. The molecule has 8 nitrogen and oxygen atoms in total. The van der Waals surface area contributed by atoms with E-state index >= 15 is 4.39 Å². The van der Waals surface area contributed by atoms with Crippen molar-refractivity contribution in [2.75, 3.05) is 6.61 Å². The van der Waals surface area contributed by atoms with Gasteiger partial charge in [0, 0.05) is 48.5 Å². The van der Waals surface area contributed by atoms with Gasteiger partial charge in [0.05, 0.1) is 35.2 Å². The van der Waals surface area contributed by atoms with Crippen LogP contribution in [0.2, 0.25) is 0 Å². The monoisotopic (exact) mass is 519 g/mol. The number of esters is 1. The molecular formula is C28H27F2N5O3. The van der Waals surface area contributed by atoms with Gasteiger partial charge in [-0.05, 0) is 50.8 Å². The van der Waals surface area contributed by atoms with Crippen LogP contribution in [0.3, 0.4) is 0 Å². The number of carbonyl (C=O) groups excluding carboxylic acids is 1. The molecule has 2 atom stereocenters. The van der Waals surface area contributed by atoms with Gasteiger partial charge in [0.1, 0.15) is 29.5 Å². The van der Waals surface area contributed by atoms with Crippen LogP contribution in [0.25, 0.3) is 22.3 Å². The Morgan fingerprint density at radius 1 is 1.16 bits per heavy atom. The molecule has 3 aromatic heterocycles. The fourth-order valence-electron chi connectivity index (χ4n) is 4.94. The van der Waals surface area contributed by atoms with E-state index in [1.165, 1.54) is 19.1 Å². The number of hydrogen-bond donors (Lipinski definition) is 0. The standard InChI is InChI=1S/C28H27F2N5O3/c1-15-25(14-38-16(2)36)34-28-24(32-15)11-23(33-27(28)21-6-3-19(29)10-22(21)30)17-7-8-37-26(9-17)18-12-31-35(13-18)20-4-5-20/h3,6,10-13,17,20,26H,4-5,7-9,14H2,1-2H3/t17-,26+/m1/s1. The van der Waals surface area contributed by atoms with Gasteiger partial charge in [-0.1, -0.05) is 0 Å². The molecule has 6 rings (SSSR count). The van der Waals surface area contributed by atoms with Crippen LogP contribution in [0.1, 0.15) is 73.3 Å². The second-order valence-electron chi connectivity index (χ2n) is 9.99. The summed E-state index contributed by atoms with van der Waals surface area (Å²) in [5.74, 6) is -1.82. The predicted octanol–water partition coefficient (Wildman–Crippen LogP) is 5.51. The van der Waals surface area contributed by atoms with Crippen molar-refractivity contribution < 1.29 is 23.0 Å². The Balaban J connectivity index is 1.41. The number of nitrogens with zero attached hydrogens (tertiary/aromatic N) is 5. The molecule has 0 N–H and O–H groups in total. The zero-order valence-corrected chi connectivity index (χ0v) is 21.2. The van der Waals surface area contributed by atoms with Gasteiger partial charge in [0.15, 0.2) is 0 Å². The summed E-state index contributed by atoms with van der Waals surface area (Å²) in [6.45, 7) is 3.59. The Kier molecular flexibility index (Phi) is 6.35. The average molecular weight is 520 g/mol. The topological polar surface area (TPSA) is 92.0 Å². The quantitative estimate of drug-likeness (QED) is 0.310. The van der Waals surface area contributed by atoms with Crippen molar-refractivity contribution in [1.29, 1.82) is 0 Å². The number of pyridine rings is 1. The first-order valence-electron chi connectivity index (χ1n) is 12.8. The average Bonchev–Trinajstić information content (AvgIpc) is 3.63. The summed E-state index contributed by atoms with van der Waals surface area (Å²) < 4.78 is 42.0. The van der Waals surface area contributed by atoms with Gasteiger partial charge in [-0.25, -0.2) is 23.7 Å². The molecule has 1 aliphatic carbocycles. The third-order valence-corrected chi connectivity index (χ3v) is 7.16. The Morgan fingerprint density at radius 2 is 2.00 bits per heavy atom. The lowest BCUT2D eigenvalue weighted by molar-refractivity contribution is -0.142. The molecule has 2 aliphatic rings. The first-order chi connectivity index (χ1) is 18.4. The number of aromatic nitrogens is 5. The molecule has 0 radical (unpaired) electrons. The smallest absolute Gasteiger partial charge is 0.303 e. The van der Waals surface area contributed by atoms with E-state index < -0.39 is 17.6 Å². The normalized spacial score (nSPS) is 19.6. The van der Waals surface area contributed by atoms with Gasteiger partial charge in [0.25, 0.3) is 0 Å². The van der Waals surface area contributed by atoms with E-state index in [2.05, 4.69) is 16.3 Å². The summed E-state index contributed by atoms with van der Waals surface area (Å²) in [7, 11) is 0. The van der Waals surface area contributed by atoms with Crippen molar-refractivity contribution >= 4 is 17.0 Å². The number of ether oxygens (including phenoxy) is 2. The summed E-state index contributed by atoms with van der Waals surface area (Å²) in [6.07, 6.45) is 7.56. The summed E-state index contributed by atoms with van der Waals surface area (Å²) in [5.41, 5.74) is 4.14. The van der Waals surface area contributed by atoms with Gasteiger partial charge >= 0.3 is 5.97 Å². The fraction of sp³-hybridized carbons (Fsp3) is 0.393. The van der Waals surface area contributed by atoms with E-state index in [0.29, 0.717) is 41.5 Å². The molecule has 1 saturated carbocycles. The van der Waals surface area contributed by atoms with Crippen LogP contribution >= 0.6 is 0 Å². The first kappa shape index (κ1) is 24.5. The highest BCUT2D eigenvalue weighted by Gasteiger charge is 2.30. The molecule has 0 spiro atoms. The highest BCUT2D eigenvalue weighted by Crippen LogP contribution is 2.40. The van der Waals surface area contributed by atoms with Crippen LogP contribution in [0, 0.1) is 18.6 Å². The number of hydrogen-bond acceptors (Lipinski definition) is 7. The molecule has 10 heteroatoms. The molecule has 0 unspecified atom stereocenters. The molecule has 0 amide bonds. The van der Waals surface area contributed by atoms with E-state index in [4.69, 9.17) is 19.4 Å². The van der Waals surface area contributed by atoms with Crippen LogP contribution in [-0.2, 0) is 20.9 Å². The number of carbonyl (C=O) groups is 1. The molecule has 4 aromatic rings. The highest BCUT2D eigenvalue weighted by atomic mass is 19.1. The lowest BCUT2D eigenvalue weighted by Gasteiger charge is -2.29. The predicted molar refractivity (Wildman–Crippen MR) is 134 cm³/mol. The summed E-state index contributed by atoms with van der Waals surface area (Å²) in [5, 5.41) is 4.51. The zero-order chi connectivity index (χ0) is 26.4. The molecule has 1 saturated heterocycles. The van der Waals surface area contributed by atoms with Gasteiger partial charge in [-0.15, -0.1) is 0 Å². The van der Waals surface area contributed by atoms with Crippen molar-refractivity contribution in [3.63, 3.8) is 0 Å². The Morgan fingerprint density at radius 3 is 2.76 bits per heavy atom. The number of benzene rings is 1. The molecule has 1 aliphatic heterocycles. The molecule has 4 heterocycles. The van der Waals surface area contributed by atoms with Crippen LogP contribution in [0.15, 0.2) is 36.7 Å². The van der Waals surface area contributed by atoms with Crippen LogP contribution in [0.4, 0.5) is 8.78 Å². The third kappa shape index (κ3) is 4.88. The van der Waals surface area contributed by atoms with Gasteiger partial charge in [-0.2, -0.15) is 5.10 Å². The summed E-state index contributed by atoms with van der Waals surface area (Å²) in [6, 6.07) is 5.77. The molecule has 1 aromatic carbocycles. The van der Waals surface area contributed by atoms with Crippen LogP contribution in [0.5, 0.6) is 0 Å². The number of halogens is 2. The Hall–Kier alpha value is -3.79. The van der Waals surface area contributed by atoms with Crippen LogP contribution < -0.4 is 0 Å². The minimum Gasteiger partial charge on any atom is -0.459 e. The van der Waals surface area contributed by atoms with E-state index in [1.54, 1.807) is 6.92 Å². The maximum Gasteiger partial charge on any atom is 0.303 e. The number of fused-ring (bicyclic) bond motifs is 1. The Bertz CT molecular complexity index is 1530. The van der Waals surface area contributed by atoms with Gasteiger partial charge in [-0.3, -0.25) is 9.48 Å². The van der Waals surface area contributed by atoms with Crippen molar-refractivity contribution in [3.05, 3.63) is 70.9 Å². The second kappa shape index (κ2) is 9.83. The van der Waals surface area contributed by atoms with E-state index in [0.717, 1.165) is 36.6 Å². The zero-order valence-electron chi connectivity index (χ0n) is 21.2. The van der Waals surface area contributed by atoms with Crippen molar-refractivity contribution in [1.82, 2.24) is 24.7 Å². The van der Waals surface area contributed by atoms with Gasteiger partial charge < -0.3 is 9.47 Å². The SMILES string of the molecule is CC(=O)OCc1nc2c(-c3ccc(F)cc3F)nc([C@@H]3CCO[C@H](c4cnn(C5CC5)c4)C3)cc2nc1C. The van der Waals surface area contributed by atoms with Crippen LogP contribution in [-0.4, -0.2) is 37.3 Å². The minimum absolute atomic E-state index is 0.0347. The third-order valence-electron chi connectivity index (χ3n) is 7.16. The van der Waals surface area contributed by atoms with Crippen molar-refractivity contribution in [2.45, 2.75) is 64.2 Å². The Labute approximate surface area is 218 Å². The molecule has 2 fully saturated rings. The minimum atomic E-state index is -0.739. The van der Waals surface area contributed by atoms with E-state index in [-0.39, 0.29) is 29.9 Å². The largest absolute Gasteiger partial charge is 0.459 e. The lowest BCUT2D eigenvalue weighted by atomic mass is 9.89. The fourth-order valence-corrected chi connectivity index (χ4v) is 4.94.